The van der Waals surface area contributed by atoms with Crippen LogP contribution in [0.2, 0.25) is 0 Å². The molecule has 17 nitrogen and oxygen atoms in total. The zero-order valence-electron chi connectivity index (χ0n) is 39.6. The Morgan fingerprint density at radius 1 is 0.639 bits per heavy atom. The number of halogens is 2. The smallest absolute Gasteiger partial charge is 0.306 e. The Kier molecular flexibility index (Phi) is 20.4. The Morgan fingerprint density at radius 3 is 1.62 bits per heavy atom. The highest BCUT2D eigenvalue weighted by molar-refractivity contribution is 9.10. The summed E-state index contributed by atoms with van der Waals surface area (Å²) in [4.78, 5) is 40.3. The van der Waals surface area contributed by atoms with Gasteiger partial charge in [-0.15, -0.1) is 0 Å². The van der Waals surface area contributed by atoms with E-state index in [1.54, 1.807) is 42.7 Å². The number of nitriles is 2. The molecule has 0 bridgehead atoms. The van der Waals surface area contributed by atoms with Crippen LogP contribution in [0.25, 0.3) is 11.1 Å². The number of benzene rings is 2. The predicted octanol–water partition coefficient (Wildman–Crippen LogP) is 8.30. The molecule has 0 aliphatic heterocycles. The first kappa shape index (κ1) is 54.3. The van der Waals surface area contributed by atoms with Crippen LogP contribution in [0.15, 0.2) is 94.1 Å². The lowest BCUT2D eigenvalue weighted by Gasteiger charge is -2.18. The largest absolute Gasteiger partial charge is 0.481 e. The van der Waals surface area contributed by atoms with Crippen molar-refractivity contribution in [1.29, 1.82) is 10.5 Å². The Balaban J connectivity index is 1.16. The Bertz CT molecular complexity index is 2750. The van der Waals surface area contributed by atoms with Gasteiger partial charge < -0.3 is 44.7 Å². The third-order valence-corrected chi connectivity index (χ3v) is 12.6. The van der Waals surface area contributed by atoms with E-state index in [2.05, 4.69) is 71.4 Å². The number of carboxylic acids is 2. The van der Waals surface area contributed by atoms with E-state index in [9.17, 15) is 30.3 Å². The molecule has 0 aliphatic carbocycles. The molecule has 2 atom stereocenters. The second-order valence-electron chi connectivity index (χ2n) is 16.8. The molecule has 19 heteroatoms. The van der Waals surface area contributed by atoms with Crippen molar-refractivity contribution in [3.05, 3.63) is 150 Å². The number of carbonyl (C=O) groups is 2. The second kappa shape index (κ2) is 27.0. The van der Waals surface area contributed by atoms with Crippen LogP contribution in [0.3, 0.4) is 0 Å². The quantitative estimate of drug-likeness (QED) is 0.0325. The molecular weight excluding hydrogens is 1050 g/mol. The van der Waals surface area contributed by atoms with Crippen LogP contribution in [-0.4, -0.2) is 84.3 Å². The summed E-state index contributed by atoms with van der Waals surface area (Å²) in [6, 6.07) is 26.6. The molecule has 5 N–H and O–H groups in total. The minimum absolute atomic E-state index is 0.0344. The highest BCUT2D eigenvalue weighted by atomic mass is 79.9. The van der Waals surface area contributed by atoms with E-state index in [0.29, 0.717) is 74.5 Å². The number of hydrogen-bond acceptors (Lipinski definition) is 15. The molecule has 0 saturated heterocycles. The number of rotatable bonds is 27. The van der Waals surface area contributed by atoms with Crippen LogP contribution in [0, 0.1) is 36.5 Å². The Morgan fingerprint density at radius 2 is 1.12 bits per heavy atom. The molecule has 4 aromatic heterocycles. The van der Waals surface area contributed by atoms with Gasteiger partial charge in [0.1, 0.15) is 13.2 Å². The van der Waals surface area contributed by atoms with Crippen molar-refractivity contribution in [3.8, 4) is 46.8 Å². The molecule has 2 aromatic carbocycles. The maximum atomic E-state index is 11.1. The fraction of sp³-hybridized carbons (Fsp3) is 0.321. The van der Waals surface area contributed by atoms with Gasteiger partial charge in [-0.25, -0.2) is 0 Å². The number of carboxylic acid groups (broad SMARTS) is 2. The highest BCUT2D eigenvalue weighted by Crippen LogP contribution is 2.35. The SMILES string of the molecule is Cc1c(COc2nc(OCCc3cc(C#N)ccn3)c(CCC[C@@H](O)CC(=O)O)cc2Br)cccc1-c1cccc(COc2nc(OCCc3cc(C#N)ccn3)c(CNC[C@@H](O)CC(=O)O)cc2Br)c1C. The van der Waals surface area contributed by atoms with Crippen molar-refractivity contribution >= 4 is 43.8 Å². The van der Waals surface area contributed by atoms with Crippen LogP contribution in [-0.2, 0) is 48.6 Å². The van der Waals surface area contributed by atoms with Gasteiger partial charge in [0.05, 0.1) is 70.5 Å². The van der Waals surface area contributed by atoms with Gasteiger partial charge in [0.25, 0.3) is 0 Å². The van der Waals surface area contributed by atoms with Gasteiger partial charge in [-0.05, 0) is 135 Å². The lowest BCUT2D eigenvalue weighted by Crippen LogP contribution is -2.28. The third-order valence-electron chi connectivity index (χ3n) is 11.5. The third kappa shape index (κ3) is 16.0. The van der Waals surface area contributed by atoms with E-state index in [4.69, 9.17) is 39.1 Å². The van der Waals surface area contributed by atoms with Gasteiger partial charge >= 0.3 is 11.9 Å². The molecule has 0 amide bonds. The molecule has 4 heterocycles. The number of pyridine rings is 4. The van der Waals surface area contributed by atoms with Crippen LogP contribution in [0.4, 0.5) is 0 Å². The van der Waals surface area contributed by atoms with Crippen LogP contribution < -0.4 is 24.3 Å². The fourth-order valence-corrected chi connectivity index (χ4v) is 8.61. The minimum Gasteiger partial charge on any atom is -0.481 e. The first-order valence-electron chi connectivity index (χ1n) is 23.0. The molecule has 6 aromatic rings. The summed E-state index contributed by atoms with van der Waals surface area (Å²) in [5, 5.41) is 60.1. The average Bonchev–Trinajstić information content (AvgIpc) is 3.35. The van der Waals surface area contributed by atoms with Gasteiger partial charge in [-0.1, -0.05) is 36.4 Å². The topological polar surface area (TPSA) is 263 Å². The number of ether oxygens (including phenoxy) is 4. The zero-order valence-corrected chi connectivity index (χ0v) is 42.8. The summed E-state index contributed by atoms with van der Waals surface area (Å²) in [7, 11) is 0. The van der Waals surface area contributed by atoms with E-state index in [-0.39, 0.29) is 64.1 Å². The van der Waals surface area contributed by atoms with Gasteiger partial charge in [0.2, 0.25) is 23.5 Å². The van der Waals surface area contributed by atoms with E-state index < -0.39 is 30.6 Å². The lowest BCUT2D eigenvalue weighted by molar-refractivity contribution is -0.140. The Hall–Kier alpha value is -7.00. The number of aryl methyl sites for hydroxylation is 1. The van der Waals surface area contributed by atoms with Crippen molar-refractivity contribution in [3.63, 3.8) is 0 Å². The normalized spacial score (nSPS) is 11.8. The summed E-state index contributed by atoms with van der Waals surface area (Å²) >= 11 is 7.23. The monoisotopic (exact) mass is 1110 g/mol. The summed E-state index contributed by atoms with van der Waals surface area (Å²) < 4.78 is 26.2. The zero-order chi connectivity index (χ0) is 51.6. The van der Waals surface area contributed by atoms with E-state index in [0.717, 1.165) is 38.9 Å². The molecule has 0 spiro atoms. The van der Waals surface area contributed by atoms with Crippen LogP contribution in [0.1, 0.15) is 81.6 Å². The molecule has 0 unspecified atom stereocenters. The van der Waals surface area contributed by atoms with Gasteiger partial charge in [0, 0.05) is 60.8 Å². The van der Waals surface area contributed by atoms with Crippen molar-refractivity contribution in [2.75, 3.05) is 19.8 Å². The first-order valence-corrected chi connectivity index (χ1v) is 24.6. The van der Waals surface area contributed by atoms with Crippen molar-refractivity contribution in [2.24, 2.45) is 0 Å². The molecule has 0 saturated carbocycles. The van der Waals surface area contributed by atoms with Gasteiger partial charge in [0.15, 0.2) is 0 Å². The van der Waals surface area contributed by atoms with Crippen molar-refractivity contribution < 1.29 is 49.0 Å². The first-order chi connectivity index (χ1) is 34.7. The molecule has 0 radical (unpaired) electrons. The molecular formula is C53H53Br2N7O10. The number of hydrogen-bond donors (Lipinski definition) is 5. The number of nitrogens with zero attached hydrogens (tertiary/aromatic N) is 6. The van der Waals surface area contributed by atoms with Crippen molar-refractivity contribution in [1.82, 2.24) is 25.3 Å². The summed E-state index contributed by atoms with van der Waals surface area (Å²) in [5.41, 5.74) is 9.54. The number of nitrogens with one attached hydrogen (secondary N) is 1. The second-order valence-corrected chi connectivity index (χ2v) is 18.5. The number of aliphatic hydroxyl groups is 2. The maximum Gasteiger partial charge on any atom is 0.306 e. The summed E-state index contributed by atoms with van der Waals surface area (Å²) in [6.07, 6.45) is 2.40. The van der Waals surface area contributed by atoms with Gasteiger partial charge in [-0.2, -0.15) is 20.5 Å². The highest BCUT2D eigenvalue weighted by Gasteiger charge is 2.19. The molecule has 0 aliphatic rings. The maximum absolute atomic E-state index is 11.1. The molecule has 72 heavy (non-hydrogen) atoms. The van der Waals surface area contributed by atoms with E-state index >= 15 is 0 Å². The lowest BCUT2D eigenvalue weighted by atomic mass is 9.92. The molecule has 6 rings (SSSR count). The van der Waals surface area contributed by atoms with Crippen molar-refractivity contribution in [2.45, 2.75) is 90.8 Å². The summed E-state index contributed by atoms with van der Waals surface area (Å²) in [6.45, 7) is 5.07. The molecule has 374 valence electrons. The number of aromatic nitrogens is 4. The van der Waals surface area contributed by atoms with Crippen LogP contribution in [0.5, 0.6) is 23.5 Å². The Labute approximate surface area is 433 Å². The standard InChI is InChI=1S/C53H53Br2N7O10/c1-32-37(30-71-52-46(54)22-36(6-3-9-42(63)24-48(65)66)50(61-52)69-18-14-40-20-34(26-56)12-16-59-40)7-4-10-44(32)45-11-5-8-38(33(45)2)31-72-53-47(55)23-39(28-58-29-43(64)25-49(67)68)51(62-53)70-19-15-41-21-35(27-57)13-17-60-41/h4-5,7-8,10-13,16-17,20-23,42-43,58,63-64H,3,6,9,14-15,18-19,24-25,28-31H2,1-2H3,(H,65,66)(H,67,68)/t42-,43+/m1/s1. The number of aliphatic hydroxyl groups excluding tert-OH is 2. The molecule has 0 fully saturated rings. The van der Waals surface area contributed by atoms with E-state index in [1.165, 1.54) is 0 Å². The fourth-order valence-electron chi connectivity index (χ4n) is 7.65. The van der Waals surface area contributed by atoms with Crippen LogP contribution >= 0.6 is 31.9 Å². The van der Waals surface area contributed by atoms with E-state index in [1.807, 2.05) is 44.2 Å². The number of aliphatic carboxylic acids is 2. The predicted molar refractivity (Wildman–Crippen MR) is 271 cm³/mol. The average molecular weight is 1110 g/mol. The summed E-state index contributed by atoms with van der Waals surface area (Å²) in [5.74, 6) is -0.982. The van der Waals surface area contributed by atoms with Gasteiger partial charge in [-0.3, -0.25) is 19.6 Å². The minimum atomic E-state index is -1.10.